The van der Waals surface area contributed by atoms with Gasteiger partial charge in [0, 0.05) is 19.2 Å². The lowest BCUT2D eigenvalue weighted by molar-refractivity contribution is -0.145. The first kappa shape index (κ1) is 13.6. The number of hydrogen-bond donors (Lipinski definition) is 2. The van der Waals surface area contributed by atoms with Crippen molar-refractivity contribution in [3.63, 3.8) is 0 Å². The smallest absolute Gasteiger partial charge is 0.360 e. The van der Waals surface area contributed by atoms with Crippen LogP contribution in [0.25, 0.3) is 0 Å². The molecule has 0 bridgehead atoms. The van der Waals surface area contributed by atoms with Gasteiger partial charge in [0.2, 0.25) is 0 Å². The molecule has 0 aromatic heterocycles. The Bertz CT molecular complexity index is 311. The van der Waals surface area contributed by atoms with Gasteiger partial charge in [-0.05, 0) is 6.92 Å². The first-order valence-corrected chi connectivity index (χ1v) is 5.28. The van der Waals surface area contributed by atoms with Crippen LogP contribution in [0.3, 0.4) is 0 Å². The van der Waals surface area contributed by atoms with Gasteiger partial charge in [0.25, 0.3) is 0 Å². The van der Waals surface area contributed by atoms with Crippen LogP contribution in [0.4, 0.5) is 0 Å². The van der Waals surface area contributed by atoms with E-state index in [1.54, 1.807) is 0 Å². The van der Waals surface area contributed by atoms with E-state index in [-0.39, 0.29) is 5.70 Å². The summed E-state index contributed by atoms with van der Waals surface area (Å²) in [6.45, 7) is 3.61. The molecule has 2 N–H and O–H groups in total. The molecule has 0 unspecified atom stereocenters. The summed E-state index contributed by atoms with van der Waals surface area (Å²) in [5, 5.41) is 5.92. The summed E-state index contributed by atoms with van der Waals surface area (Å²) < 4.78 is 15.3. The lowest BCUT2D eigenvalue weighted by atomic mass is 10.2. The van der Waals surface area contributed by atoms with Gasteiger partial charge in [-0.15, -0.1) is 5.11 Å². The second-order valence-corrected chi connectivity index (χ2v) is 3.67. The van der Waals surface area contributed by atoms with Crippen LogP contribution in [0, 0.1) is 5.53 Å². The zero-order valence-electron chi connectivity index (χ0n) is 9.99. The van der Waals surface area contributed by atoms with Crippen molar-refractivity contribution in [2.75, 3.05) is 26.9 Å². The van der Waals surface area contributed by atoms with Gasteiger partial charge >= 0.3 is 5.97 Å². The molecule has 0 spiro atoms. The minimum atomic E-state index is -0.646. The lowest BCUT2D eigenvalue weighted by Gasteiger charge is -2.21. The SMILES string of the molecule is COC(=O)/C(=C/NCCC1(C)OCCO1)N=N. The van der Waals surface area contributed by atoms with Gasteiger partial charge in [0.1, 0.15) is 0 Å². The van der Waals surface area contributed by atoms with Crippen LogP contribution >= 0.6 is 0 Å². The van der Waals surface area contributed by atoms with Gasteiger partial charge in [0.15, 0.2) is 11.5 Å². The second kappa shape index (κ2) is 6.31. The molecule has 1 heterocycles. The molecule has 96 valence electrons. The van der Waals surface area contributed by atoms with Crippen LogP contribution in [0.2, 0.25) is 0 Å². The highest BCUT2D eigenvalue weighted by molar-refractivity contribution is 5.87. The molecule has 1 saturated heterocycles. The van der Waals surface area contributed by atoms with Crippen LogP contribution in [0.5, 0.6) is 0 Å². The lowest BCUT2D eigenvalue weighted by Crippen LogP contribution is -2.29. The Morgan fingerprint density at radius 3 is 2.76 bits per heavy atom. The molecule has 7 nitrogen and oxygen atoms in total. The van der Waals surface area contributed by atoms with Crippen molar-refractivity contribution in [2.24, 2.45) is 5.11 Å². The molecule has 0 aromatic rings. The topological polar surface area (TPSA) is 93.0 Å². The maximum atomic E-state index is 11.1. The van der Waals surface area contributed by atoms with Gasteiger partial charge in [-0.2, -0.15) is 0 Å². The van der Waals surface area contributed by atoms with Crippen LogP contribution < -0.4 is 5.32 Å². The molecule has 1 aliphatic heterocycles. The maximum Gasteiger partial charge on any atom is 0.360 e. The van der Waals surface area contributed by atoms with Crippen molar-refractivity contribution in [1.29, 1.82) is 5.53 Å². The Hall–Kier alpha value is -1.47. The zero-order valence-corrected chi connectivity index (χ0v) is 9.99. The van der Waals surface area contributed by atoms with Crippen molar-refractivity contribution in [3.05, 3.63) is 11.9 Å². The molecule has 0 atom stereocenters. The van der Waals surface area contributed by atoms with Crippen LogP contribution in [0.15, 0.2) is 17.0 Å². The average Bonchev–Trinajstić information content (AvgIpc) is 2.76. The second-order valence-electron chi connectivity index (χ2n) is 3.67. The molecule has 0 radical (unpaired) electrons. The predicted octanol–water partition coefficient (Wildman–Crippen LogP) is 0.774. The monoisotopic (exact) mass is 243 g/mol. The van der Waals surface area contributed by atoms with E-state index in [0.717, 1.165) is 0 Å². The number of esters is 1. The normalized spacial score (nSPS) is 18.8. The summed E-state index contributed by atoms with van der Waals surface area (Å²) in [6.07, 6.45) is 1.98. The molecule has 0 saturated carbocycles. The van der Waals surface area contributed by atoms with Gasteiger partial charge < -0.3 is 19.5 Å². The molecular weight excluding hydrogens is 226 g/mol. The quantitative estimate of drug-likeness (QED) is 0.311. The van der Waals surface area contributed by atoms with Crippen molar-refractivity contribution in [2.45, 2.75) is 19.1 Å². The minimum absolute atomic E-state index is 0.0779. The van der Waals surface area contributed by atoms with Crippen LogP contribution in [-0.4, -0.2) is 38.6 Å². The van der Waals surface area contributed by atoms with E-state index < -0.39 is 11.8 Å². The van der Waals surface area contributed by atoms with E-state index >= 15 is 0 Å². The first-order chi connectivity index (χ1) is 8.11. The van der Waals surface area contributed by atoms with Crippen LogP contribution in [-0.2, 0) is 19.0 Å². The average molecular weight is 243 g/mol. The Morgan fingerprint density at radius 2 is 2.24 bits per heavy atom. The van der Waals surface area contributed by atoms with Crippen LogP contribution in [0.1, 0.15) is 13.3 Å². The van der Waals surface area contributed by atoms with E-state index in [1.165, 1.54) is 13.3 Å². The maximum absolute atomic E-state index is 11.1. The molecule has 17 heavy (non-hydrogen) atoms. The molecule has 1 rings (SSSR count). The third-order valence-corrected chi connectivity index (χ3v) is 2.38. The van der Waals surface area contributed by atoms with Gasteiger partial charge in [-0.25, -0.2) is 10.3 Å². The molecular formula is C10H17N3O4. The van der Waals surface area contributed by atoms with Gasteiger partial charge in [-0.1, -0.05) is 0 Å². The van der Waals surface area contributed by atoms with Gasteiger partial charge in [-0.3, -0.25) is 0 Å². The number of hydrogen-bond acceptors (Lipinski definition) is 7. The summed E-state index contributed by atoms with van der Waals surface area (Å²) in [5.74, 6) is -1.21. The number of rotatable bonds is 6. The Labute approximate surface area is 99.6 Å². The number of carbonyl (C=O) groups is 1. The number of nitrogens with zero attached hydrogens (tertiary/aromatic N) is 1. The van der Waals surface area contributed by atoms with Crippen molar-refractivity contribution < 1.29 is 19.0 Å². The molecule has 0 amide bonds. The van der Waals surface area contributed by atoms with E-state index in [4.69, 9.17) is 15.0 Å². The summed E-state index contributed by atoms with van der Waals surface area (Å²) in [7, 11) is 1.24. The summed E-state index contributed by atoms with van der Waals surface area (Å²) in [6, 6.07) is 0. The highest BCUT2D eigenvalue weighted by Gasteiger charge is 2.29. The van der Waals surface area contributed by atoms with E-state index in [2.05, 4.69) is 15.2 Å². The van der Waals surface area contributed by atoms with Gasteiger partial charge in [0.05, 0.1) is 20.3 Å². The Morgan fingerprint density at radius 1 is 1.59 bits per heavy atom. The van der Waals surface area contributed by atoms with E-state index in [0.29, 0.717) is 26.2 Å². The fourth-order valence-electron chi connectivity index (χ4n) is 1.41. The molecule has 0 aromatic carbocycles. The van der Waals surface area contributed by atoms with Crippen molar-refractivity contribution in [3.8, 4) is 0 Å². The largest absolute Gasteiger partial charge is 0.464 e. The van der Waals surface area contributed by atoms with Crippen molar-refractivity contribution in [1.82, 2.24) is 5.32 Å². The zero-order chi connectivity index (χ0) is 12.7. The Balaban J connectivity index is 2.33. The fraction of sp³-hybridized carbons (Fsp3) is 0.700. The fourth-order valence-corrected chi connectivity index (χ4v) is 1.41. The predicted molar refractivity (Wildman–Crippen MR) is 58.2 cm³/mol. The highest BCUT2D eigenvalue weighted by Crippen LogP contribution is 2.21. The molecule has 7 heteroatoms. The highest BCUT2D eigenvalue weighted by atomic mass is 16.7. The first-order valence-electron chi connectivity index (χ1n) is 5.28. The number of methoxy groups -OCH3 is 1. The van der Waals surface area contributed by atoms with E-state index in [1.807, 2.05) is 6.92 Å². The number of ether oxygens (including phenoxy) is 3. The number of nitrogens with one attached hydrogen (secondary N) is 2. The molecule has 1 aliphatic rings. The standard InChI is InChI=1S/C10H17N3O4/c1-10(16-5-6-17-10)3-4-12-7-8(13-11)9(14)15-2/h7,11-12H,3-6H2,1-2H3/b8-7-,13-11?. The van der Waals surface area contributed by atoms with E-state index in [9.17, 15) is 4.79 Å². The Kier molecular flexibility index (Phi) is 5.05. The summed E-state index contributed by atoms with van der Waals surface area (Å²) in [4.78, 5) is 11.1. The molecule has 1 fully saturated rings. The molecule has 0 aliphatic carbocycles. The summed E-state index contributed by atoms with van der Waals surface area (Å²) >= 11 is 0. The minimum Gasteiger partial charge on any atom is -0.464 e. The third-order valence-electron chi connectivity index (χ3n) is 2.38. The number of carbonyl (C=O) groups excluding carboxylic acids is 1. The summed E-state index contributed by atoms with van der Waals surface area (Å²) in [5.41, 5.74) is 6.72. The third kappa shape index (κ3) is 4.12. The van der Waals surface area contributed by atoms with Crippen molar-refractivity contribution >= 4 is 5.97 Å².